The summed E-state index contributed by atoms with van der Waals surface area (Å²) in [7, 11) is -1.89. The van der Waals surface area contributed by atoms with Gasteiger partial charge in [0.2, 0.25) is 0 Å². The van der Waals surface area contributed by atoms with Gasteiger partial charge in [-0.2, -0.15) is 0 Å². The van der Waals surface area contributed by atoms with Crippen molar-refractivity contribution in [2.24, 2.45) is 5.41 Å². The van der Waals surface area contributed by atoms with Crippen LogP contribution in [0.4, 0.5) is 0 Å². The lowest BCUT2D eigenvalue weighted by molar-refractivity contribution is -0.125. The molecule has 0 bridgehead atoms. The number of Topliss-reactive ketones (excluding diaryl/α,β-unsaturated/α-hetero) is 1. The summed E-state index contributed by atoms with van der Waals surface area (Å²) in [6, 6.07) is 33.0. The third-order valence-corrected chi connectivity index (χ3v) is 11.6. The van der Waals surface area contributed by atoms with Crippen molar-refractivity contribution < 1.29 is 4.79 Å². The van der Waals surface area contributed by atoms with Crippen molar-refractivity contribution in [2.45, 2.75) is 40.5 Å². The van der Waals surface area contributed by atoms with Gasteiger partial charge in [0.1, 0.15) is 29.0 Å². The van der Waals surface area contributed by atoms with E-state index >= 15 is 0 Å². The normalized spacial score (nSPS) is 16.7. The number of hydrogen-bond donors (Lipinski definition) is 0. The Morgan fingerprint density at radius 2 is 1.26 bits per heavy atom. The lowest BCUT2D eigenvalue weighted by atomic mass is 9.71. The summed E-state index contributed by atoms with van der Waals surface area (Å²) in [6.45, 7) is 8.48. The topological polar surface area (TPSA) is 17.1 Å². The van der Waals surface area contributed by atoms with Crippen LogP contribution < -0.4 is 15.9 Å². The van der Waals surface area contributed by atoms with E-state index in [-0.39, 0.29) is 0 Å². The molecule has 4 rings (SSSR count). The fourth-order valence-corrected chi connectivity index (χ4v) is 9.29. The molecule has 178 valence electrons. The molecular weight excluding hydrogens is 443 g/mol. The van der Waals surface area contributed by atoms with Gasteiger partial charge in [0.15, 0.2) is 0 Å². The highest BCUT2D eigenvalue weighted by molar-refractivity contribution is 7.95. The third-order valence-electron chi connectivity index (χ3n) is 7.35. The number of benzene rings is 3. The van der Waals surface area contributed by atoms with Gasteiger partial charge in [0.25, 0.3) is 0 Å². The molecule has 0 fully saturated rings. The van der Waals surface area contributed by atoms with Crippen molar-refractivity contribution in [1.29, 1.82) is 0 Å². The molecule has 0 heterocycles. The summed E-state index contributed by atoms with van der Waals surface area (Å²) >= 11 is 0. The summed E-state index contributed by atoms with van der Waals surface area (Å²) in [4.78, 5) is 12.6. The lowest BCUT2D eigenvalue weighted by Gasteiger charge is -2.31. The summed E-state index contributed by atoms with van der Waals surface area (Å²) < 4.78 is 0. The number of rotatable bonds is 7. The highest BCUT2D eigenvalue weighted by Gasteiger charge is 2.44. The Bertz CT molecular complexity index is 1150. The molecule has 0 N–H and O–H groups in total. The van der Waals surface area contributed by atoms with Gasteiger partial charge in [-0.05, 0) is 82.2 Å². The van der Waals surface area contributed by atoms with E-state index in [1.807, 2.05) is 0 Å². The SMILES string of the molecule is CC1=C(/C=C/C(C)=C/C[P+](c2ccccc2)(c2ccccc2)c2ccccc2)C(C)(C)C(=O)CC1. The van der Waals surface area contributed by atoms with Crippen LogP contribution in [0.1, 0.15) is 40.5 Å². The van der Waals surface area contributed by atoms with E-state index in [2.05, 4.69) is 137 Å². The monoisotopic (exact) mass is 479 g/mol. The van der Waals surface area contributed by atoms with Crippen LogP contribution in [-0.2, 0) is 4.79 Å². The molecule has 1 aliphatic rings. The number of carbonyl (C=O) groups is 1. The van der Waals surface area contributed by atoms with Crippen LogP contribution in [0.25, 0.3) is 0 Å². The van der Waals surface area contributed by atoms with E-state index in [0.717, 1.165) is 12.6 Å². The van der Waals surface area contributed by atoms with Crippen molar-refractivity contribution in [3.8, 4) is 0 Å². The summed E-state index contributed by atoms with van der Waals surface area (Å²) in [5.41, 5.74) is 3.33. The molecule has 3 aromatic rings. The summed E-state index contributed by atoms with van der Waals surface area (Å²) in [5.74, 6) is 0.339. The lowest BCUT2D eigenvalue weighted by Crippen LogP contribution is -2.33. The fourth-order valence-electron chi connectivity index (χ4n) is 5.16. The van der Waals surface area contributed by atoms with Crippen molar-refractivity contribution >= 4 is 29.0 Å². The standard InChI is InChI=1S/C33H36OP/c1-26(20-22-31-27(2)21-23-32(34)33(31,3)4)24-25-35(28-14-8-5-9-15-28,29-16-10-6-11-17-29)30-18-12-7-13-19-30/h5-20,22,24H,21,23,25H2,1-4H3/q+1/b22-20+,26-24+. The Hall–Kier alpha value is -3.02. The van der Waals surface area contributed by atoms with E-state index in [1.165, 1.54) is 32.6 Å². The van der Waals surface area contributed by atoms with Gasteiger partial charge < -0.3 is 0 Å². The molecule has 1 aliphatic carbocycles. The highest BCUT2D eigenvalue weighted by atomic mass is 31.2. The average Bonchev–Trinajstić information content (AvgIpc) is 2.88. The Balaban J connectivity index is 1.77. The number of ketones is 1. The maximum absolute atomic E-state index is 12.6. The van der Waals surface area contributed by atoms with Crippen molar-refractivity contribution in [1.82, 2.24) is 0 Å². The summed E-state index contributed by atoms with van der Waals surface area (Å²) in [6.07, 6.45) is 9.26. The van der Waals surface area contributed by atoms with Crippen LogP contribution in [-0.4, -0.2) is 11.9 Å². The molecule has 0 unspecified atom stereocenters. The molecule has 0 radical (unpaired) electrons. The molecular formula is C33H36OP+. The largest absolute Gasteiger partial charge is 0.299 e. The van der Waals surface area contributed by atoms with Gasteiger partial charge in [-0.3, -0.25) is 4.79 Å². The Kier molecular flexibility index (Phi) is 7.68. The minimum Gasteiger partial charge on any atom is -0.299 e. The van der Waals surface area contributed by atoms with Crippen LogP contribution in [0.5, 0.6) is 0 Å². The first-order chi connectivity index (χ1) is 16.9. The second kappa shape index (κ2) is 10.7. The second-order valence-corrected chi connectivity index (χ2v) is 13.6. The zero-order valence-corrected chi connectivity index (χ0v) is 22.3. The average molecular weight is 480 g/mol. The third kappa shape index (κ3) is 5.16. The van der Waals surface area contributed by atoms with Crippen molar-refractivity contribution in [3.63, 3.8) is 0 Å². The zero-order chi connectivity index (χ0) is 24.9. The predicted molar refractivity (Wildman–Crippen MR) is 154 cm³/mol. The molecule has 2 heteroatoms. The smallest absolute Gasteiger partial charge is 0.143 e. The van der Waals surface area contributed by atoms with Gasteiger partial charge in [0, 0.05) is 11.8 Å². The molecule has 0 aromatic heterocycles. The quantitative estimate of drug-likeness (QED) is 0.259. The second-order valence-electron chi connectivity index (χ2n) is 10.0. The zero-order valence-electron chi connectivity index (χ0n) is 21.4. The number of carbonyl (C=O) groups excluding carboxylic acids is 1. The first kappa shape index (κ1) is 25.1. The Labute approximate surface area is 211 Å². The highest BCUT2D eigenvalue weighted by Crippen LogP contribution is 2.55. The minimum atomic E-state index is -1.89. The molecule has 1 nitrogen and oxygen atoms in total. The Morgan fingerprint density at radius 3 is 1.71 bits per heavy atom. The van der Waals surface area contributed by atoms with Crippen LogP contribution in [0.3, 0.4) is 0 Å². The molecule has 3 aromatic carbocycles. The van der Waals surface area contributed by atoms with Crippen LogP contribution in [0.15, 0.2) is 126 Å². The number of allylic oxidation sites excluding steroid dienone is 6. The predicted octanol–water partition coefficient (Wildman–Crippen LogP) is 7.19. The van der Waals surface area contributed by atoms with Crippen LogP contribution >= 0.6 is 7.26 Å². The number of hydrogen-bond acceptors (Lipinski definition) is 1. The fraction of sp³-hybridized carbons (Fsp3) is 0.242. The van der Waals surface area contributed by atoms with E-state index in [4.69, 9.17) is 0 Å². The first-order valence-corrected chi connectivity index (χ1v) is 14.5. The van der Waals surface area contributed by atoms with Crippen molar-refractivity contribution in [3.05, 3.63) is 126 Å². The Morgan fingerprint density at radius 1 is 0.800 bits per heavy atom. The first-order valence-electron chi connectivity index (χ1n) is 12.5. The van der Waals surface area contributed by atoms with E-state index in [9.17, 15) is 4.79 Å². The van der Waals surface area contributed by atoms with Gasteiger partial charge in [-0.1, -0.05) is 77.9 Å². The van der Waals surface area contributed by atoms with E-state index < -0.39 is 12.7 Å². The molecule has 0 saturated carbocycles. The van der Waals surface area contributed by atoms with Crippen LogP contribution in [0, 0.1) is 5.41 Å². The molecule has 0 spiro atoms. The van der Waals surface area contributed by atoms with E-state index in [1.54, 1.807) is 0 Å². The van der Waals surface area contributed by atoms with E-state index in [0.29, 0.717) is 12.2 Å². The maximum atomic E-state index is 12.6. The molecule has 0 saturated heterocycles. The van der Waals surface area contributed by atoms with Gasteiger partial charge in [-0.15, -0.1) is 0 Å². The van der Waals surface area contributed by atoms with Crippen LogP contribution in [0.2, 0.25) is 0 Å². The molecule has 35 heavy (non-hydrogen) atoms. The minimum absolute atomic E-state index is 0.339. The molecule has 0 aliphatic heterocycles. The maximum Gasteiger partial charge on any atom is 0.143 e. The molecule has 0 atom stereocenters. The van der Waals surface area contributed by atoms with Gasteiger partial charge in [-0.25, -0.2) is 0 Å². The molecule has 0 amide bonds. The van der Waals surface area contributed by atoms with Gasteiger partial charge >= 0.3 is 0 Å². The van der Waals surface area contributed by atoms with Gasteiger partial charge in [0.05, 0.1) is 6.16 Å². The summed E-state index contributed by atoms with van der Waals surface area (Å²) in [5, 5.41) is 4.17. The van der Waals surface area contributed by atoms with Crippen molar-refractivity contribution in [2.75, 3.05) is 6.16 Å².